The lowest BCUT2D eigenvalue weighted by atomic mass is 10.1. The SMILES string of the molecule is CC(CN)CC(=O)Nc1cc([N+](=O)[O-])ccc1F. The lowest BCUT2D eigenvalue weighted by Gasteiger charge is -2.09. The summed E-state index contributed by atoms with van der Waals surface area (Å²) in [5.74, 6) is -1.17. The minimum atomic E-state index is -0.714. The molecule has 0 saturated carbocycles. The lowest BCUT2D eigenvalue weighted by molar-refractivity contribution is -0.384. The van der Waals surface area contributed by atoms with Crippen LogP contribution in [0.3, 0.4) is 0 Å². The number of nitrogens with two attached hydrogens (primary N) is 1. The Bertz CT molecular complexity index is 465. The molecule has 1 aromatic carbocycles. The minimum absolute atomic E-state index is 0.0354. The predicted octanol–water partition coefficient (Wildman–Crippen LogP) is 1.66. The maximum Gasteiger partial charge on any atom is 0.271 e. The van der Waals surface area contributed by atoms with Gasteiger partial charge in [-0.25, -0.2) is 4.39 Å². The highest BCUT2D eigenvalue weighted by molar-refractivity contribution is 5.91. The summed E-state index contributed by atoms with van der Waals surface area (Å²) >= 11 is 0. The standard InChI is InChI=1S/C11H14FN3O3/c1-7(6-13)4-11(16)14-10-5-8(15(17)18)2-3-9(10)12/h2-3,5,7H,4,6,13H2,1H3,(H,14,16). The molecule has 18 heavy (non-hydrogen) atoms. The van der Waals surface area contributed by atoms with E-state index < -0.39 is 16.6 Å². The average Bonchev–Trinajstić information content (AvgIpc) is 2.31. The highest BCUT2D eigenvalue weighted by Gasteiger charge is 2.14. The Kier molecular flexibility index (Phi) is 4.73. The third-order valence-electron chi connectivity index (χ3n) is 2.37. The van der Waals surface area contributed by atoms with Crippen molar-refractivity contribution in [1.82, 2.24) is 0 Å². The van der Waals surface area contributed by atoms with Crippen LogP contribution in [0.5, 0.6) is 0 Å². The van der Waals surface area contributed by atoms with E-state index in [1.807, 2.05) is 0 Å². The molecule has 0 radical (unpaired) electrons. The van der Waals surface area contributed by atoms with Crippen molar-refractivity contribution < 1.29 is 14.1 Å². The first-order valence-electron chi connectivity index (χ1n) is 5.38. The summed E-state index contributed by atoms with van der Waals surface area (Å²) < 4.78 is 13.4. The second-order valence-corrected chi connectivity index (χ2v) is 4.01. The van der Waals surface area contributed by atoms with Gasteiger partial charge in [0.1, 0.15) is 5.82 Å². The summed E-state index contributed by atoms with van der Waals surface area (Å²) in [7, 11) is 0. The number of benzene rings is 1. The van der Waals surface area contributed by atoms with E-state index in [2.05, 4.69) is 5.32 Å². The maximum atomic E-state index is 13.4. The molecule has 1 unspecified atom stereocenters. The zero-order chi connectivity index (χ0) is 13.7. The highest BCUT2D eigenvalue weighted by atomic mass is 19.1. The van der Waals surface area contributed by atoms with E-state index in [0.717, 1.165) is 18.2 Å². The summed E-state index contributed by atoms with van der Waals surface area (Å²) in [5.41, 5.74) is 4.89. The number of rotatable bonds is 5. The molecule has 0 bridgehead atoms. The van der Waals surface area contributed by atoms with Gasteiger partial charge in [0.25, 0.3) is 5.69 Å². The van der Waals surface area contributed by atoms with Crippen LogP contribution in [-0.2, 0) is 4.79 Å². The Labute approximate surface area is 103 Å². The summed E-state index contributed by atoms with van der Waals surface area (Å²) in [6.45, 7) is 2.12. The Morgan fingerprint density at radius 1 is 1.61 bits per heavy atom. The molecule has 0 aliphatic carbocycles. The third-order valence-corrected chi connectivity index (χ3v) is 2.37. The van der Waals surface area contributed by atoms with Gasteiger partial charge in [-0.05, 0) is 18.5 Å². The number of carbonyl (C=O) groups is 1. The quantitative estimate of drug-likeness (QED) is 0.617. The van der Waals surface area contributed by atoms with Gasteiger partial charge in [-0.3, -0.25) is 14.9 Å². The number of hydrogen-bond acceptors (Lipinski definition) is 4. The van der Waals surface area contributed by atoms with Crippen LogP contribution in [0.25, 0.3) is 0 Å². The van der Waals surface area contributed by atoms with E-state index in [1.165, 1.54) is 0 Å². The number of nitro groups is 1. The third kappa shape index (κ3) is 3.77. The Morgan fingerprint density at radius 3 is 2.83 bits per heavy atom. The van der Waals surface area contributed by atoms with Gasteiger partial charge in [0.05, 0.1) is 10.6 Å². The summed E-state index contributed by atoms with van der Waals surface area (Å²) in [5, 5.41) is 12.8. The number of carbonyl (C=O) groups excluding carboxylic acids is 1. The van der Waals surface area contributed by atoms with E-state index in [9.17, 15) is 19.3 Å². The predicted molar refractivity (Wildman–Crippen MR) is 64.5 cm³/mol. The molecule has 0 heterocycles. The van der Waals surface area contributed by atoms with Crippen LogP contribution in [0.15, 0.2) is 18.2 Å². The van der Waals surface area contributed by atoms with Crippen LogP contribution < -0.4 is 11.1 Å². The number of anilines is 1. The molecule has 1 aromatic rings. The first-order chi connectivity index (χ1) is 8.43. The van der Waals surface area contributed by atoms with Crippen molar-refractivity contribution in [3.05, 3.63) is 34.1 Å². The number of hydrogen-bond donors (Lipinski definition) is 2. The van der Waals surface area contributed by atoms with Crippen molar-refractivity contribution in [3.8, 4) is 0 Å². The number of nitro benzene ring substituents is 1. The summed E-state index contributed by atoms with van der Waals surface area (Å²) in [4.78, 5) is 21.4. The Morgan fingerprint density at radius 2 is 2.28 bits per heavy atom. The molecule has 7 heteroatoms. The molecule has 3 N–H and O–H groups in total. The van der Waals surface area contributed by atoms with Gasteiger partial charge in [-0.1, -0.05) is 6.92 Å². The molecule has 0 saturated heterocycles. The topological polar surface area (TPSA) is 98.3 Å². The van der Waals surface area contributed by atoms with Gasteiger partial charge in [-0.2, -0.15) is 0 Å². The molecule has 98 valence electrons. The molecule has 0 aliphatic rings. The normalized spacial score (nSPS) is 11.9. The largest absolute Gasteiger partial charge is 0.330 e. The number of amides is 1. The molecular weight excluding hydrogens is 241 g/mol. The van der Waals surface area contributed by atoms with Crippen molar-refractivity contribution in [1.29, 1.82) is 0 Å². The highest BCUT2D eigenvalue weighted by Crippen LogP contribution is 2.21. The fourth-order valence-corrected chi connectivity index (χ4v) is 1.32. The zero-order valence-electron chi connectivity index (χ0n) is 9.85. The van der Waals surface area contributed by atoms with E-state index in [4.69, 9.17) is 5.73 Å². The molecule has 0 aromatic heterocycles. The molecule has 0 spiro atoms. The molecule has 0 fully saturated rings. The number of halogens is 1. The zero-order valence-corrected chi connectivity index (χ0v) is 9.85. The molecule has 1 atom stereocenters. The minimum Gasteiger partial charge on any atom is -0.330 e. The fourth-order valence-electron chi connectivity index (χ4n) is 1.32. The van der Waals surface area contributed by atoms with E-state index in [1.54, 1.807) is 6.92 Å². The average molecular weight is 255 g/mol. The van der Waals surface area contributed by atoms with Gasteiger partial charge >= 0.3 is 0 Å². The first kappa shape index (κ1) is 14.0. The maximum absolute atomic E-state index is 13.4. The lowest BCUT2D eigenvalue weighted by Crippen LogP contribution is -2.20. The van der Waals surface area contributed by atoms with Gasteiger partial charge in [-0.15, -0.1) is 0 Å². The first-order valence-corrected chi connectivity index (χ1v) is 5.38. The van der Waals surface area contributed by atoms with Crippen LogP contribution >= 0.6 is 0 Å². The number of non-ortho nitro benzene ring substituents is 1. The Hall–Kier alpha value is -2.02. The smallest absolute Gasteiger partial charge is 0.271 e. The van der Waals surface area contributed by atoms with Crippen molar-refractivity contribution in [2.75, 3.05) is 11.9 Å². The Balaban J connectivity index is 2.80. The van der Waals surface area contributed by atoms with E-state index >= 15 is 0 Å². The summed E-state index contributed by atoms with van der Waals surface area (Å²) in [6, 6.07) is 2.97. The summed E-state index contributed by atoms with van der Waals surface area (Å²) in [6.07, 6.45) is 0.138. The van der Waals surface area contributed by atoms with Crippen LogP contribution in [-0.4, -0.2) is 17.4 Å². The van der Waals surface area contributed by atoms with Crippen LogP contribution in [0.1, 0.15) is 13.3 Å². The van der Waals surface area contributed by atoms with Gasteiger partial charge < -0.3 is 11.1 Å². The molecular formula is C11H14FN3O3. The van der Waals surface area contributed by atoms with Gasteiger partial charge in [0, 0.05) is 18.6 Å². The fraction of sp³-hybridized carbons (Fsp3) is 0.364. The monoisotopic (exact) mass is 255 g/mol. The number of nitrogens with one attached hydrogen (secondary N) is 1. The van der Waals surface area contributed by atoms with Gasteiger partial charge in [0.15, 0.2) is 0 Å². The van der Waals surface area contributed by atoms with Crippen LogP contribution in [0, 0.1) is 21.8 Å². The molecule has 0 aliphatic heterocycles. The molecule has 6 nitrogen and oxygen atoms in total. The molecule has 1 amide bonds. The van der Waals surface area contributed by atoms with E-state index in [0.29, 0.717) is 6.54 Å². The second kappa shape index (κ2) is 6.06. The number of nitrogens with zero attached hydrogens (tertiary/aromatic N) is 1. The van der Waals surface area contributed by atoms with Crippen LogP contribution in [0.2, 0.25) is 0 Å². The van der Waals surface area contributed by atoms with Crippen molar-refractivity contribution in [2.24, 2.45) is 11.7 Å². The van der Waals surface area contributed by atoms with Crippen LogP contribution in [0.4, 0.5) is 15.8 Å². The van der Waals surface area contributed by atoms with Crippen molar-refractivity contribution >= 4 is 17.3 Å². The molecule has 1 rings (SSSR count). The van der Waals surface area contributed by atoms with Crippen molar-refractivity contribution in [3.63, 3.8) is 0 Å². The van der Waals surface area contributed by atoms with Gasteiger partial charge in [0.2, 0.25) is 5.91 Å². The second-order valence-electron chi connectivity index (χ2n) is 4.01. The van der Waals surface area contributed by atoms with E-state index in [-0.39, 0.29) is 23.7 Å². The van der Waals surface area contributed by atoms with Crippen molar-refractivity contribution in [2.45, 2.75) is 13.3 Å².